The van der Waals surface area contributed by atoms with Gasteiger partial charge in [0.15, 0.2) is 5.78 Å². The molecule has 0 radical (unpaired) electrons. The van der Waals surface area contributed by atoms with Crippen molar-refractivity contribution in [2.45, 2.75) is 32.8 Å². The highest BCUT2D eigenvalue weighted by atomic mass is 79.9. The highest BCUT2D eigenvalue weighted by molar-refractivity contribution is 9.10. The highest BCUT2D eigenvalue weighted by Crippen LogP contribution is 2.33. The Bertz CT molecular complexity index is 485. The number of halogens is 1. The van der Waals surface area contributed by atoms with E-state index >= 15 is 0 Å². The van der Waals surface area contributed by atoms with Crippen LogP contribution in [0.4, 0.5) is 0 Å². The zero-order valence-corrected chi connectivity index (χ0v) is 13.1. The maximum atomic E-state index is 12.7. The van der Waals surface area contributed by atoms with Gasteiger partial charge in [-0.3, -0.25) is 4.79 Å². The third kappa shape index (κ3) is 2.84. The summed E-state index contributed by atoms with van der Waals surface area (Å²) >= 11 is 3.48. The molecular formula is C15H19BrO3. The summed E-state index contributed by atoms with van der Waals surface area (Å²) in [7, 11) is 1.60. The molecule has 2 unspecified atom stereocenters. The number of hydrogen-bond acceptors (Lipinski definition) is 3. The molecule has 1 aliphatic heterocycles. The Morgan fingerprint density at radius 2 is 2.26 bits per heavy atom. The lowest BCUT2D eigenvalue weighted by Crippen LogP contribution is -2.24. The molecular weight excluding hydrogens is 308 g/mol. The number of rotatable bonds is 4. The summed E-state index contributed by atoms with van der Waals surface area (Å²) in [5.41, 5.74) is 1.71. The molecule has 1 heterocycles. The molecule has 0 bridgehead atoms. The van der Waals surface area contributed by atoms with Gasteiger partial charge in [0, 0.05) is 11.1 Å². The lowest BCUT2D eigenvalue weighted by molar-refractivity contribution is 0.0687. The number of benzene rings is 1. The minimum Gasteiger partial charge on any atom is -0.496 e. The number of carbonyl (C=O) groups excluding carboxylic acids is 1. The van der Waals surface area contributed by atoms with Crippen LogP contribution in [0.15, 0.2) is 16.6 Å². The van der Waals surface area contributed by atoms with Crippen LogP contribution in [0, 0.1) is 12.8 Å². The van der Waals surface area contributed by atoms with Gasteiger partial charge in [-0.1, -0.05) is 22.9 Å². The van der Waals surface area contributed by atoms with Gasteiger partial charge >= 0.3 is 0 Å². The number of methoxy groups -OCH3 is 1. The van der Waals surface area contributed by atoms with Crippen LogP contribution in [0.1, 0.15) is 35.7 Å². The zero-order chi connectivity index (χ0) is 14.0. The molecule has 1 fully saturated rings. The van der Waals surface area contributed by atoms with Gasteiger partial charge in [-0.05, 0) is 37.5 Å². The molecule has 4 heteroatoms. The van der Waals surface area contributed by atoms with Gasteiger partial charge in [0.25, 0.3) is 0 Å². The second kappa shape index (κ2) is 6.06. The Hall–Kier alpha value is -0.870. The number of ether oxygens (including phenoxy) is 2. The third-order valence-corrected chi connectivity index (χ3v) is 4.55. The first-order chi connectivity index (χ1) is 9.08. The van der Waals surface area contributed by atoms with E-state index in [9.17, 15) is 4.79 Å². The molecule has 104 valence electrons. The van der Waals surface area contributed by atoms with Crippen LogP contribution < -0.4 is 4.74 Å². The van der Waals surface area contributed by atoms with Crippen LogP contribution in [0.5, 0.6) is 5.75 Å². The van der Waals surface area contributed by atoms with E-state index in [1.165, 1.54) is 0 Å². The fourth-order valence-corrected chi connectivity index (χ4v) is 2.91. The first-order valence-corrected chi connectivity index (χ1v) is 7.37. The van der Waals surface area contributed by atoms with E-state index in [0.717, 1.165) is 22.9 Å². The quantitative estimate of drug-likeness (QED) is 0.790. The van der Waals surface area contributed by atoms with E-state index < -0.39 is 0 Å². The lowest BCUT2D eigenvalue weighted by Gasteiger charge is -2.18. The second-order valence-electron chi connectivity index (χ2n) is 4.88. The van der Waals surface area contributed by atoms with Crippen molar-refractivity contribution in [3.05, 3.63) is 27.7 Å². The minimum absolute atomic E-state index is 0.0392. The summed E-state index contributed by atoms with van der Waals surface area (Å²) in [4.78, 5) is 12.7. The fourth-order valence-electron chi connectivity index (χ4n) is 2.57. The van der Waals surface area contributed by atoms with Crippen molar-refractivity contribution >= 4 is 21.7 Å². The average Bonchev–Trinajstić information content (AvgIpc) is 2.88. The van der Waals surface area contributed by atoms with Gasteiger partial charge in [0.05, 0.1) is 24.7 Å². The SMILES string of the molecule is CCC1OCCC1C(=O)c1cc(Br)c(C)cc1OC. The van der Waals surface area contributed by atoms with Gasteiger partial charge in [0.1, 0.15) is 5.75 Å². The molecule has 0 N–H and O–H groups in total. The maximum absolute atomic E-state index is 12.7. The number of Topliss-reactive ketones (excluding diaryl/α,β-unsaturated/α-hetero) is 1. The standard InChI is InChI=1S/C15H19BrO3/c1-4-13-10(5-6-19-13)15(17)11-8-12(16)9(2)7-14(11)18-3/h7-8,10,13H,4-6H2,1-3H3. The number of carbonyl (C=O) groups is 1. The molecule has 0 spiro atoms. The van der Waals surface area contributed by atoms with Crippen molar-refractivity contribution in [3.63, 3.8) is 0 Å². The van der Waals surface area contributed by atoms with Crippen LogP contribution in [0.25, 0.3) is 0 Å². The van der Waals surface area contributed by atoms with Gasteiger partial charge in [0.2, 0.25) is 0 Å². The van der Waals surface area contributed by atoms with Crippen molar-refractivity contribution in [3.8, 4) is 5.75 Å². The molecule has 3 nitrogen and oxygen atoms in total. The summed E-state index contributed by atoms with van der Waals surface area (Å²) < 4.78 is 11.9. The molecule has 1 aromatic rings. The first kappa shape index (κ1) is 14.5. The molecule has 0 aliphatic carbocycles. The van der Waals surface area contributed by atoms with Crippen molar-refractivity contribution in [2.24, 2.45) is 5.92 Å². The highest BCUT2D eigenvalue weighted by Gasteiger charge is 2.34. The van der Waals surface area contributed by atoms with E-state index in [1.807, 2.05) is 19.1 Å². The Labute approximate surface area is 122 Å². The van der Waals surface area contributed by atoms with E-state index in [-0.39, 0.29) is 17.8 Å². The van der Waals surface area contributed by atoms with Crippen molar-refractivity contribution < 1.29 is 14.3 Å². The fraction of sp³-hybridized carbons (Fsp3) is 0.533. The van der Waals surface area contributed by atoms with Crippen LogP contribution in [-0.4, -0.2) is 25.6 Å². The molecule has 1 aliphatic rings. The Morgan fingerprint density at radius 1 is 1.53 bits per heavy atom. The summed E-state index contributed by atoms with van der Waals surface area (Å²) in [5, 5.41) is 0. The van der Waals surface area contributed by atoms with Gasteiger partial charge in [-0.25, -0.2) is 0 Å². The largest absolute Gasteiger partial charge is 0.496 e. The molecule has 2 rings (SSSR count). The summed E-state index contributed by atoms with van der Waals surface area (Å²) in [6, 6.07) is 3.76. The van der Waals surface area contributed by atoms with E-state index in [2.05, 4.69) is 22.9 Å². The number of hydrogen-bond donors (Lipinski definition) is 0. The first-order valence-electron chi connectivity index (χ1n) is 6.58. The topological polar surface area (TPSA) is 35.5 Å². The van der Waals surface area contributed by atoms with Crippen LogP contribution in [0.2, 0.25) is 0 Å². The smallest absolute Gasteiger partial charge is 0.172 e. The average molecular weight is 327 g/mol. The second-order valence-corrected chi connectivity index (χ2v) is 5.73. The molecule has 0 saturated carbocycles. The molecule has 0 aromatic heterocycles. The van der Waals surface area contributed by atoms with Crippen LogP contribution in [0.3, 0.4) is 0 Å². The molecule has 1 saturated heterocycles. The van der Waals surface area contributed by atoms with Gasteiger partial charge in [-0.15, -0.1) is 0 Å². The van der Waals surface area contributed by atoms with Crippen molar-refractivity contribution in [1.82, 2.24) is 0 Å². The number of aryl methyl sites for hydroxylation is 1. The van der Waals surface area contributed by atoms with E-state index in [0.29, 0.717) is 17.9 Å². The van der Waals surface area contributed by atoms with Gasteiger partial charge in [-0.2, -0.15) is 0 Å². The molecule has 1 aromatic carbocycles. The van der Waals surface area contributed by atoms with Gasteiger partial charge < -0.3 is 9.47 Å². The lowest BCUT2D eigenvalue weighted by atomic mass is 9.90. The predicted molar refractivity (Wildman–Crippen MR) is 77.9 cm³/mol. The van der Waals surface area contributed by atoms with Crippen LogP contribution in [-0.2, 0) is 4.74 Å². The predicted octanol–water partition coefficient (Wildman–Crippen LogP) is 3.76. The Balaban J connectivity index is 2.35. The summed E-state index contributed by atoms with van der Waals surface area (Å²) in [6.07, 6.45) is 1.70. The Morgan fingerprint density at radius 3 is 2.89 bits per heavy atom. The maximum Gasteiger partial charge on any atom is 0.172 e. The van der Waals surface area contributed by atoms with Crippen molar-refractivity contribution in [2.75, 3.05) is 13.7 Å². The monoisotopic (exact) mass is 326 g/mol. The van der Waals surface area contributed by atoms with E-state index in [1.54, 1.807) is 7.11 Å². The Kier molecular flexibility index (Phi) is 4.63. The van der Waals surface area contributed by atoms with E-state index in [4.69, 9.17) is 9.47 Å². The molecule has 2 atom stereocenters. The molecule has 0 amide bonds. The summed E-state index contributed by atoms with van der Waals surface area (Å²) in [5.74, 6) is 0.725. The normalized spacial score (nSPS) is 22.5. The summed E-state index contributed by atoms with van der Waals surface area (Å²) in [6.45, 7) is 4.71. The van der Waals surface area contributed by atoms with Crippen molar-refractivity contribution in [1.29, 1.82) is 0 Å². The minimum atomic E-state index is -0.0477. The third-order valence-electron chi connectivity index (χ3n) is 3.69. The van der Waals surface area contributed by atoms with Crippen LogP contribution >= 0.6 is 15.9 Å². The number of ketones is 1. The molecule has 19 heavy (non-hydrogen) atoms. The zero-order valence-electron chi connectivity index (χ0n) is 11.5.